The average molecular weight is 552 g/mol. The largest absolute Gasteiger partial charge is 0.363 e. The first-order valence-corrected chi connectivity index (χ1v) is 14.5. The molecule has 1 aromatic rings. The number of likely N-dealkylation sites (tertiary alicyclic amines) is 1. The van der Waals surface area contributed by atoms with Crippen LogP contribution in [0.2, 0.25) is 0 Å². The van der Waals surface area contributed by atoms with Crippen molar-refractivity contribution in [3.8, 4) is 0 Å². The molecule has 0 bridgehead atoms. The molecule has 5 amide bonds. The van der Waals surface area contributed by atoms with Gasteiger partial charge in [0.15, 0.2) is 0 Å². The Hall–Kier alpha value is -3.43. The number of Topliss-reactive ketones (excluding diaryl/α,β-unsaturated/α-hetero) is 1. The van der Waals surface area contributed by atoms with Crippen LogP contribution in [0.1, 0.15) is 58.1 Å². The molecule has 40 heavy (non-hydrogen) atoms. The van der Waals surface area contributed by atoms with Crippen LogP contribution in [0.3, 0.4) is 0 Å². The van der Waals surface area contributed by atoms with Crippen molar-refractivity contribution in [1.82, 2.24) is 20.9 Å². The molecule has 3 unspecified atom stereocenters. The van der Waals surface area contributed by atoms with Crippen LogP contribution in [0.5, 0.6) is 0 Å². The molecule has 3 fully saturated rings. The first-order chi connectivity index (χ1) is 18.9. The van der Waals surface area contributed by atoms with Crippen molar-refractivity contribution in [2.75, 3.05) is 6.54 Å². The summed E-state index contributed by atoms with van der Waals surface area (Å²) < 4.78 is 0. The third-order valence-corrected chi connectivity index (χ3v) is 9.43. The van der Waals surface area contributed by atoms with E-state index in [-0.39, 0.29) is 41.0 Å². The monoisotopic (exact) mass is 551 g/mol. The van der Waals surface area contributed by atoms with E-state index in [1.807, 2.05) is 38.1 Å². The van der Waals surface area contributed by atoms with Crippen molar-refractivity contribution in [3.05, 3.63) is 35.4 Å². The number of amides is 5. The van der Waals surface area contributed by atoms with Gasteiger partial charge in [0.05, 0.1) is 6.04 Å². The van der Waals surface area contributed by atoms with Crippen molar-refractivity contribution >= 4 is 29.5 Å². The number of piperidine rings is 1. The van der Waals surface area contributed by atoms with E-state index < -0.39 is 41.8 Å². The standard InChI is InChI=1S/C30H41N5O5/c1-15(2)32-29(40)34-23(19-12-17-7-5-6-8-18(17)13-19)28(39)35-14-20-22(30(20,3)4)24(35)27(38)33-21(11-16-9-10-16)25(36)26(31)37/h5-8,15-16,19-24H,9-14H2,1-4H3,(H2,31,37)(H,33,38)(H2,32,34,40)/t20?,21?,22?,23-,24-/m0/s1. The van der Waals surface area contributed by atoms with Crippen LogP contribution in [0.25, 0.3) is 0 Å². The molecule has 0 aromatic heterocycles. The maximum atomic E-state index is 14.3. The van der Waals surface area contributed by atoms with Crippen LogP contribution in [-0.4, -0.2) is 65.1 Å². The van der Waals surface area contributed by atoms with E-state index in [0.29, 0.717) is 25.8 Å². The van der Waals surface area contributed by atoms with Gasteiger partial charge in [0.2, 0.25) is 17.6 Å². The Morgan fingerprint density at radius 2 is 1.62 bits per heavy atom. The number of carbonyl (C=O) groups is 5. The molecular weight excluding hydrogens is 510 g/mol. The minimum atomic E-state index is -1.07. The molecule has 1 heterocycles. The molecule has 3 aliphatic carbocycles. The fourth-order valence-electron chi connectivity index (χ4n) is 6.99. The fraction of sp³-hybridized carbons (Fsp3) is 0.633. The number of hydrogen-bond acceptors (Lipinski definition) is 5. The van der Waals surface area contributed by atoms with E-state index in [2.05, 4.69) is 29.8 Å². The normalized spacial score (nSPS) is 25.9. The third kappa shape index (κ3) is 5.45. The van der Waals surface area contributed by atoms with Crippen molar-refractivity contribution in [1.29, 1.82) is 0 Å². The first-order valence-electron chi connectivity index (χ1n) is 14.5. The van der Waals surface area contributed by atoms with E-state index in [1.54, 1.807) is 4.90 Å². The zero-order chi connectivity index (χ0) is 28.9. The van der Waals surface area contributed by atoms with Crippen LogP contribution >= 0.6 is 0 Å². The average Bonchev–Trinajstić information content (AvgIpc) is 3.64. The summed E-state index contributed by atoms with van der Waals surface area (Å²) in [7, 11) is 0. The second-order valence-corrected chi connectivity index (χ2v) is 13.0. The van der Waals surface area contributed by atoms with Gasteiger partial charge in [-0.05, 0) is 73.3 Å². The van der Waals surface area contributed by atoms with E-state index in [4.69, 9.17) is 5.73 Å². The minimum absolute atomic E-state index is 0.0763. The van der Waals surface area contributed by atoms with Gasteiger partial charge in [0, 0.05) is 12.6 Å². The van der Waals surface area contributed by atoms with E-state index >= 15 is 0 Å². The molecule has 0 spiro atoms. The molecule has 10 nitrogen and oxygen atoms in total. The van der Waals surface area contributed by atoms with Gasteiger partial charge >= 0.3 is 6.03 Å². The summed E-state index contributed by atoms with van der Waals surface area (Å²) in [6.07, 6.45) is 3.55. The fourth-order valence-corrected chi connectivity index (χ4v) is 6.99. The number of urea groups is 1. The van der Waals surface area contributed by atoms with Gasteiger partial charge in [0.1, 0.15) is 12.1 Å². The maximum absolute atomic E-state index is 14.3. The Kier molecular flexibility index (Phi) is 7.39. The highest BCUT2D eigenvalue weighted by Crippen LogP contribution is 2.65. The van der Waals surface area contributed by atoms with Crippen molar-refractivity contribution in [2.45, 2.75) is 84.0 Å². The Bertz CT molecular complexity index is 1200. The minimum Gasteiger partial charge on any atom is -0.363 e. The molecule has 4 aliphatic rings. The predicted octanol–water partition coefficient (Wildman–Crippen LogP) is 1.30. The number of nitrogens with zero attached hydrogens (tertiary/aromatic N) is 1. The number of nitrogens with one attached hydrogen (secondary N) is 3. The summed E-state index contributed by atoms with van der Waals surface area (Å²) in [5.74, 6) is -2.44. The molecule has 0 radical (unpaired) electrons. The van der Waals surface area contributed by atoms with Crippen LogP contribution in [0.15, 0.2) is 24.3 Å². The lowest BCUT2D eigenvalue weighted by atomic mass is 9.93. The molecular formula is C30H41N5O5. The number of nitrogens with two attached hydrogens (primary N) is 1. The molecule has 5 atom stereocenters. The highest BCUT2D eigenvalue weighted by molar-refractivity contribution is 6.37. The smallest absolute Gasteiger partial charge is 0.315 e. The van der Waals surface area contributed by atoms with Gasteiger partial charge in [-0.2, -0.15) is 0 Å². The van der Waals surface area contributed by atoms with Gasteiger partial charge < -0.3 is 26.6 Å². The summed E-state index contributed by atoms with van der Waals surface area (Å²) in [5, 5.41) is 8.55. The van der Waals surface area contributed by atoms with Gasteiger partial charge in [-0.15, -0.1) is 0 Å². The lowest BCUT2D eigenvalue weighted by molar-refractivity contribution is -0.144. The predicted molar refractivity (Wildman–Crippen MR) is 148 cm³/mol. The van der Waals surface area contributed by atoms with E-state index in [0.717, 1.165) is 24.0 Å². The molecule has 2 saturated carbocycles. The Morgan fingerprint density at radius 1 is 1.00 bits per heavy atom. The zero-order valence-corrected chi connectivity index (χ0v) is 23.7. The highest BCUT2D eigenvalue weighted by Gasteiger charge is 2.69. The van der Waals surface area contributed by atoms with Crippen molar-refractivity contribution in [2.24, 2.45) is 34.8 Å². The van der Waals surface area contributed by atoms with Gasteiger partial charge in [-0.3, -0.25) is 19.2 Å². The number of carbonyl (C=O) groups excluding carboxylic acids is 5. The number of rotatable bonds is 10. The highest BCUT2D eigenvalue weighted by atomic mass is 16.2. The summed E-state index contributed by atoms with van der Waals surface area (Å²) in [5.41, 5.74) is 7.47. The summed E-state index contributed by atoms with van der Waals surface area (Å²) in [6, 6.07) is 4.89. The lowest BCUT2D eigenvalue weighted by Gasteiger charge is -2.35. The molecule has 1 aromatic carbocycles. The SMILES string of the molecule is CC(C)NC(=O)N[C@H](C(=O)N1CC2C([C@H]1C(=O)NC(CC1CC1)C(=O)C(N)=O)C2(C)C)C1Cc2ccccc2C1. The Labute approximate surface area is 235 Å². The number of benzene rings is 1. The topological polar surface area (TPSA) is 151 Å². The van der Waals surface area contributed by atoms with Crippen LogP contribution < -0.4 is 21.7 Å². The number of fused-ring (bicyclic) bond motifs is 2. The Balaban J connectivity index is 1.39. The molecule has 5 rings (SSSR count). The molecule has 10 heteroatoms. The molecule has 5 N–H and O–H groups in total. The maximum Gasteiger partial charge on any atom is 0.315 e. The lowest BCUT2D eigenvalue weighted by Crippen LogP contribution is -2.60. The summed E-state index contributed by atoms with van der Waals surface area (Å²) in [6.45, 7) is 8.27. The van der Waals surface area contributed by atoms with Crippen molar-refractivity contribution < 1.29 is 24.0 Å². The van der Waals surface area contributed by atoms with Crippen LogP contribution in [0, 0.1) is 29.1 Å². The van der Waals surface area contributed by atoms with Gasteiger partial charge in [0.25, 0.3) is 5.91 Å². The second kappa shape index (κ2) is 10.5. The second-order valence-electron chi connectivity index (χ2n) is 13.0. The molecule has 1 saturated heterocycles. The summed E-state index contributed by atoms with van der Waals surface area (Å²) in [4.78, 5) is 66.8. The zero-order valence-electron chi connectivity index (χ0n) is 23.7. The quantitative estimate of drug-likeness (QED) is 0.323. The number of primary amides is 1. The van der Waals surface area contributed by atoms with Crippen LogP contribution in [0.4, 0.5) is 4.79 Å². The van der Waals surface area contributed by atoms with Crippen LogP contribution in [-0.2, 0) is 32.0 Å². The first kappa shape index (κ1) is 28.1. The van der Waals surface area contributed by atoms with E-state index in [9.17, 15) is 24.0 Å². The number of hydrogen-bond donors (Lipinski definition) is 4. The molecule has 1 aliphatic heterocycles. The molecule has 216 valence electrons. The van der Waals surface area contributed by atoms with Gasteiger partial charge in [-0.1, -0.05) is 51.0 Å². The summed E-state index contributed by atoms with van der Waals surface area (Å²) >= 11 is 0. The van der Waals surface area contributed by atoms with Gasteiger partial charge in [-0.25, -0.2) is 4.79 Å². The van der Waals surface area contributed by atoms with E-state index in [1.165, 1.54) is 0 Å². The number of ketones is 1. The van der Waals surface area contributed by atoms with Crippen molar-refractivity contribution in [3.63, 3.8) is 0 Å². The Morgan fingerprint density at radius 3 is 2.17 bits per heavy atom. The third-order valence-electron chi connectivity index (χ3n) is 9.43.